The fraction of sp³-hybridized carbons (Fsp3) is 0.714. The molecular weight excluding hydrogens is 162 g/mol. The van der Waals surface area contributed by atoms with Crippen LogP contribution in [0, 0.1) is 0 Å². The van der Waals surface area contributed by atoms with Gasteiger partial charge in [0, 0.05) is 0 Å². The molecule has 5 heteroatoms. The normalized spacial score (nSPS) is 8.17. The van der Waals surface area contributed by atoms with Crippen LogP contribution in [0.2, 0.25) is 0 Å². The van der Waals surface area contributed by atoms with Crippen LogP contribution in [0.1, 0.15) is 26.2 Å². The van der Waals surface area contributed by atoms with Crippen molar-refractivity contribution < 1.29 is 19.8 Å². The first-order valence-corrected chi connectivity index (χ1v) is 3.68. The molecule has 0 saturated carbocycles. The van der Waals surface area contributed by atoms with E-state index in [1.165, 1.54) is 0 Å². The summed E-state index contributed by atoms with van der Waals surface area (Å²) in [6, 6.07) is 0. The average molecular weight is 177 g/mol. The lowest BCUT2D eigenvalue weighted by Crippen LogP contribution is -2.00. The van der Waals surface area contributed by atoms with Crippen molar-refractivity contribution >= 4 is 11.9 Å². The maximum absolute atomic E-state index is 9.64. The summed E-state index contributed by atoms with van der Waals surface area (Å²) in [4.78, 5) is 19.3. The Kier molecular flexibility index (Phi) is 11.1. The van der Waals surface area contributed by atoms with Gasteiger partial charge in [-0.25, -0.2) is 0 Å². The van der Waals surface area contributed by atoms with Gasteiger partial charge in [-0.15, -0.1) is 0 Å². The zero-order valence-corrected chi connectivity index (χ0v) is 7.12. The Balaban J connectivity index is 0. The number of carboxylic acid groups (broad SMARTS) is 2. The molecule has 5 nitrogen and oxygen atoms in total. The highest BCUT2D eigenvalue weighted by atomic mass is 16.4. The third-order valence-electron chi connectivity index (χ3n) is 0.841. The summed E-state index contributed by atoms with van der Waals surface area (Å²) < 4.78 is 0. The Bertz CT molecular complexity index is 119. The van der Waals surface area contributed by atoms with Crippen molar-refractivity contribution in [2.45, 2.75) is 26.2 Å². The van der Waals surface area contributed by atoms with Crippen LogP contribution < -0.4 is 5.73 Å². The van der Waals surface area contributed by atoms with Crippen LogP contribution in [-0.4, -0.2) is 28.7 Å². The van der Waals surface area contributed by atoms with Crippen molar-refractivity contribution in [2.24, 2.45) is 5.73 Å². The smallest absolute Gasteiger partial charge is 0.303 e. The number of carboxylic acids is 2. The number of aliphatic carboxylic acids is 2. The molecule has 0 aliphatic rings. The van der Waals surface area contributed by atoms with Gasteiger partial charge in [0.1, 0.15) is 0 Å². The van der Waals surface area contributed by atoms with Gasteiger partial charge in [-0.1, -0.05) is 6.92 Å². The summed E-state index contributed by atoms with van der Waals surface area (Å²) in [5, 5.41) is 15.8. The van der Waals surface area contributed by atoms with Gasteiger partial charge in [0.15, 0.2) is 0 Å². The van der Waals surface area contributed by atoms with Gasteiger partial charge in [-0.05, 0) is 13.0 Å². The van der Waals surface area contributed by atoms with Gasteiger partial charge < -0.3 is 15.9 Å². The first kappa shape index (κ1) is 13.5. The molecule has 12 heavy (non-hydrogen) atoms. The van der Waals surface area contributed by atoms with Crippen LogP contribution >= 0.6 is 0 Å². The number of hydrogen-bond acceptors (Lipinski definition) is 3. The fourth-order valence-corrected chi connectivity index (χ4v) is 0.214. The van der Waals surface area contributed by atoms with E-state index < -0.39 is 11.9 Å². The molecule has 0 unspecified atom stereocenters. The summed E-state index contributed by atoms with van der Waals surface area (Å²) in [5.41, 5.74) is 5.03. The predicted molar refractivity (Wildman–Crippen MR) is 43.9 cm³/mol. The van der Waals surface area contributed by atoms with Crippen molar-refractivity contribution in [3.8, 4) is 0 Å². The molecule has 0 heterocycles. The van der Waals surface area contributed by atoms with Gasteiger partial charge in [0.05, 0.1) is 12.8 Å². The summed E-state index contributed by atoms with van der Waals surface area (Å²) in [6.07, 6.45) is 0.505. The van der Waals surface area contributed by atoms with E-state index >= 15 is 0 Å². The van der Waals surface area contributed by atoms with Crippen molar-refractivity contribution in [2.75, 3.05) is 6.54 Å². The molecule has 4 N–H and O–H groups in total. The molecule has 0 atom stereocenters. The lowest BCUT2D eigenvalue weighted by Gasteiger charge is -1.85. The van der Waals surface area contributed by atoms with Crippen LogP contribution in [-0.2, 0) is 9.59 Å². The van der Waals surface area contributed by atoms with Gasteiger partial charge in [0.2, 0.25) is 0 Å². The third kappa shape index (κ3) is 23.1. The predicted octanol–water partition coefficient (Wildman–Crippen LogP) is 0.291. The van der Waals surface area contributed by atoms with E-state index in [4.69, 9.17) is 15.9 Å². The molecule has 0 radical (unpaired) electrons. The first-order valence-electron chi connectivity index (χ1n) is 3.68. The molecule has 0 aliphatic carbocycles. The van der Waals surface area contributed by atoms with Crippen molar-refractivity contribution in [1.29, 1.82) is 0 Å². The van der Waals surface area contributed by atoms with Crippen LogP contribution in [0.5, 0.6) is 0 Å². The van der Waals surface area contributed by atoms with E-state index in [1.54, 1.807) is 0 Å². The molecule has 0 bridgehead atoms. The minimum absolute atomic E-state index is 0.296. The Labute approximate surface area is 71.2 Å². The number of hydrogen-bond donors (Lipinski definition) is 3. The summed E-state index contributed by atoms with van der Waals surface area (Å²) in [7, 11) is 0. The lowest BCUT2D eigenvalue weighted by atomic mass is 10.3. The van der Waals surface area contributed by atoms with E-state index in [1.807, 2.05) is 0 Å². The van der Waals surface area contributed by atoms with E-state index in [0.29, 0.717) is 0 Å². The number of carbonyl (C=O) groups is 2. The monoisotopic (exact) mass is 177 g/mol. The lowest BCUT2D eigenvalue weighted by molar-refractivity contribution is -0.143. The molecule has 0 aliphatic heterocycles. The average Bonchev–Trinajstić information content (AvgIpc) is 2.01. The molecular formula is C7H15NO4. The third-order valence-corrected chi connectivity index (χ3v) is 0.841. The topological polar surface area (TPSA) is 101 Å². The minimum atomic E-state index is -1.08. The summed E-state index contributed by atoms with van der Waals surface area (Å²) >= 11 is 0. The maximum atomic E-state index is 9.64. The molecule has 0 fully saturated rings. The van der Waals surface area contributed by atoms with Crippen LogP contribution in [0.15, 0.2) is 0 Å². The van der Waals surface area contributed by atoms with Gasteiger partial charge in [-0.3, -0.25) is 9.59 Å². The quantitative estimate of drug-likeness (QED) is 0.573. The van der Waals surface area contributed by atoms with E-state index in [-0.39, 0.29) is 12.8 Å². The highest BCUT2D eigenvalue weighted by Crippen LogP contribution is 1.86. The highest BCUT2D eigenvalue weighted by molar-refractivity contribution is 5.75. The van der Waals surface area contributed by atoms with Gasteiger partial charge in [0.25, 0.3) is 0 Å². The molecule has 0 amide bonds. The highest BCUT2D eigenvalue weighted by Gasteiger charge is 2.00. The van der Waals surface area contributed by atoms with Crippen molar-refractivity contribution in [3.63, 3.8) is 0 Å². The Morgan fingerprint density at radius 3 is 1.50 bits per heavy atom. The van der Waals surface area contributed by atoms with Crippen molar-refractivity contribution in [3.05, 3.63) is 0 Å². The summed E-state index contributed by atoms with van der Waals surface area (Å²) in [6.45, 7) is 2.88. The molecule has 0 aromatic rings. The largest absolute Gasteiger partial charge is 0.481 e. The molecule has 0 rings (SSSR count). The Morgan fingerprint density at radius 1 is 1.17 bits per heavy atom. The van der Waals surface area contributed by atoms with Gasteiger partial charge >= 0.3 is 11.9 Å². The maximum Gasteiger partial charge on any atom is 0.303 e. The van der Waals surface area contributed by atoms with Crippen LogP contribution in [0.25, 0.3) is 0 Å². The van der Waals surface area contributed by atoms with Crippen molar-refractivity contribution in [1.82, 2.24) is 0 Å². The molecule has 0 aromatic carbocycles. The standard InChI is InChI=1S/C4H6O4.C3H9N/c5-3(6)1-2-4(7)8;1-2-3-4/h1-2H2,(H,5,6)(H,7,8);2-4H2,1H3. The van der Waals surface area contributed by atoms with E-state index in [9.17, 15) is 9.59 Å². The van der Waals surface area contributed by atoms with Crippen LogP contribution in [0.4, 0.5) is 0 Å². The molecule has 0 aromatic heterocycles. The number of nitrogens with two attached hydrogens (primary N) is 1. The number of rotatable bonds is 4. The molecule has 0 spiro atoms. The Morgan fingerprint density at radius 2 is 1.42 bits per heavy atom. The minimum Gasteiger partial charge on any atom is -0.481 e. The molecule has 0 saturated heterocycles. The van der Waals surface area contributed by atoms with Crippen LogP contribution in [0.3, 0.4) is 0 Å². The Hall–Kier alpha value is -1.10. The van der Waals surface area contributed by atoms with E-state index in [2.05, 4.69) is 6.92 Å². The fourth-order valence-electron chi connectivity index (χ4n) is 0.214. The second-order valence-electron chi connectivity index (χ2n) is 2.08. The van der Waals surface area contributed by atoms with Gasteiger partial charge in [-0.2, -0.15) is 0 Å². The second kappa shape index (κ2) is 9.90. The zero-order valence-electron chi connectivity index (χ0n) is 7.12. The SMILES string of the molecule is CCCN.O=C(O)CCC(=O)O. The summed E-state index contributed by atoms with van der Waals surface area (Å²) in [5.74, 6) is -2.15. The zero-order chi connectivity index (χ0) is 9.98. The van der Waals surface area contributed by atoms with E-state index in [0.717, 1.165) is 13.0 Å². The molecule has 72 valence electrons. The second-order valence-corrected chi connectivity index (χ2v) is 2.08. The first-order chi connectivity index (χ1) is 5.54.